The smallest absolute Gasteiger partial charge is 0.407 e. The molecule has 0 saturated carbocycles. The van der Waals surface area contributed by atoms with E-state index in [4.69, 9.17) is 24.7 Å². The molecule has 1 aromatic carbocycles. The first-order valence-electron chi connectivity index (χ1n) is 11.8. The number of aromatic nitrogens is 3. The Morgan fingerprint density at radius 1 is 1.12 bits per heavy atom. The average molecular weight is 474 g/mol. The van der Waals surface area contributed by atoms with E-state index in [1.165, 1.54) is 0 Å². The molecule has 186 valence electrons. The Bertz CT molecular complexity index is 1080. The molecule has 0 radical (unpaired) electrons. The van der Waals surface area contributed by atoms with E-state index >= 15 is 0 Å². The Morgan fingerprint density at radius 3 is 2.74 bits per heavy atom. The van der Waals surface area contributed by atoms with Crippen LogP contribution in [0.4, 0.5) is 10.6 Å². The first-order valence-corrected chi connectivity index (χ1v) is 11.8. The quantitative estimate of drug-likeness (QED) is 0.340. The van der Waals surface area contributed by atoms with Gasteiger partial charge in [0.05, 0.1) is 30.9 Å². The van der Waals surface area contributed by atoms with Gasteiger partial charge in [0.2, 0.25) is 0 Å². The van der Waals surface area contributed by atoms with Gasteiger partial charge in [-0.05, 0) is 31.0 Å². The second kappa shape index (κ2) is 13.0. The highest BCUT2D eigenvalue weighted by Gasteiger charge is 2.17. The normalized spacial score (nSPS) is 11.3. The number of alkyl carbamates (subject to hydrolysis) is 1. The second-order valence-electron chi connectivity index (χ2n) is 7.86. The van der Waals surface area contributed by atoms with Gasteiger partial charge >= 0.3 is 6.09 Å². The van der Waals surface area contributed by atoms with Crippen LogP contribution in [0, 0.1) is 0 Å². The first-order chi connectivity index (χ1) is 16.6. The van der Waals surface area contributed by atoms with Crippen molar-refractivity contribution in [1.29, 1.82) is 0 Å². The highest BCUT2D eigenvalue weighted by Crippen LogP contribution is 2.31. The number of hydrogen-bond acceptors (Lipinski definition) is 8. The van der Waals surface area contributed by atoms with Gasteiger partial charge in [-0.3, -0.25) is 0 Å². The van der Waals surface area contributed by atoms with Crippen LogP contribution < -0.4 is 15.8 Å². The molecule has 3 N–H and O–H groups in total. The number of benzene rings is 1. The Morgan fingerprint density at radius 2 is 1.97 bits per heavy atom. The largest absolute Gasteiger partial charge is 0.493 e. The molecular weight excluding hydrogens is 438 g/mol. The van der Waals surface area contributed by atoms with Crippen molar-refractivity contribution in [2.45, 2.75) is 46.3 Å². The van der Waals surface area contributed by atoms with Gasteiger partial charge in [-0.25, -0.2) is 14.8 Å². The number of pyridine rings is 1. The molecule has 34 heavy (non-hydrogen) atoms. The van der Waals surface area contributed by atoms with Gasteiger partial charge in [-0.15, -0.1) is 0 Å². The van der Waals surface area contributed by atoms with Crippen molar-refractivity contribution >= 4 is 33.8 Å². The van der Waals surface area contributed by atoms with Crippen molar-refractivity contribution in [3.05, 3.63) is 24.0 Å². The zero-order valence-corrected chi connectivity index (χ0v) is 20.3. The van der Waals surface area contributed by atoms with Gasteiger partial charge in [0.25, 0.3) is 0 Å². The molecule has 0 aliphatic heterocycles. The summed E-state index contributed by atoms with van der Waals surface area (Å²) in [4.78, 5) is 20.9. The van der Waals surface area contributed by atoms with E-state index in [-0.39, 0.29) is 6.61 Å². The van der Waals surface area contributed by atoms with E-state index in [2.05, 4.69) is 26.8 Å². The van der Waals surface area contributed by atoms with Crippen LogP contribution in [-0.2, 0) is 27.4 Å². The summed E-state index contributed by atoms with van der Waals surface area (Å²) < 4.78 is 23.9. The second-order valence-corrected chi connectivity index (χ2v) is 7.86. The third kappa shape index (κ3) is 6.48. The number of rotatable bonds is 14. The number of aryl methyl sites for hydroxylation is 1. The fourth-order valence-electron chi connectivity index (χ4n) is 3.67. The number of nitrogens with two attached hydrogens (primary N) is 1. The van der Waals surface area contributed by atoms with Gasteiger partial charge < -0.3 is 34.6 Å². The van der Waals surface area contributed by atoms with Crippen LogP contribution in [0.2, 0.25) is 0 Å². The number of imidazole rings is 1. The fourth-order valence-corrected chi connectivity index (χ4v) is 3.67. The standard InChI is InChI=1S/C24H35N5O5/c1-4-10-29-20(16-31-3)28-21-22(29)18-15-17(7-8-19(18)27-23(21)25)33-12-6-13-34-24(30)26-9-14-32-11-5-2/h7-8,15H,4-6,9-14,16H2,1-3H3,(H2,25,27)(H,26,30). The third-order valence-electron chi connectivity index (χ3n) is 5.13. The molecule has 3 rings (SSSR count). The van der Waals surface area contributed by atoms with Crippen LogP contribution in [0.15, 0.2) is 18.2 Å². The van der Waals surface area contributed by atoms with Crippen LogP contribution in [0.25, 0.3) is 21.9 Å². The number of nitrogens with zero attached hydrogens (tertiary/aromatic N) is 3. The number of nitrogen functional groups attached to an aromatic ring is 1. The number of methoxy groups -OCH3 is 1. The summed E-state index contributed by atoms with van der Waals surface area (Å²) in [5.74, 6) is 1.92. The molecule has 0 fully saturated rings. The maximum absolute atomic E-state index is 11.7. The SMILES string of the molecule is CCCOCCNC(=O)OCCCOc1ccc2nc(N)c3nc(COC)n(CCC)c3c2c1. The molecule has 1 amide bonds. The third-order valence-corrected chi connectivity index (χ3v) is 5.13. The summed E-state index contributed by atoms with van der Waals surface area (Å²) >= 11 is 0. The van der Waals surface area contributed by atoms with Crippen molar-refractivity contribution < 1.29 is 23.7 Å². The molecule has 10 heteroatoms. The molecule has 0 unspecified atom stereocenters. The number of anilines is 1. The lowest BCUT2D eigenvalue weighted by Gasteiger charge is -2.11. The highest BCUT2D eigenvalue weighted by molar-refractivity contribution is 6.07. The zero-order chi connectivity index (χ0) is 24.3. The number of nitrogens with one attached hydrogen (secondary N) is 1. The Labute approximate surface area is 199 Å². The minimum atomic E-state index is -0.451. The van der Waals surface area contributed by atoms with E-state index in [0.29, 0.717) is 56.5 Å². The van der Waals surface area contributed by atoms with Crippen molar-refractivity contribution in [2.24, 2.45) is 0 Å². The zero-order valence-electron chi connectivity index (χ0n) is 20.3. The minimum Gasteiger partial charge on any atom is -0.493 e. The van der Waals surface area contributed by atoms with Gasteiger partial charge in [0, 0.05) is 38.6 Å². The molecule has 2 aromatic heterocycles. The summed E-state index contributed by atoms with van der Waals surface area (Å²) in [6.45, 7) is 7.61. The average Bonchev–Trinajstić information content (AvgIpc) is 3.18. The number of ether oxygens (including phenoxy) is 4. The summed E-state index contributed by atoms with van der Waals surface area (Å²) in [7, 11) is 1.65. The lowest BCUT2D eigenvalue weighted by atomic mass is 10.1. The van der Waals surface area contributed by atoms with Gasteiger partial charge in [-0.2, -0.15) is 0 Å². The molecule has 0 spiro atoms. The monoisotopic (exact) mass is 473 g/mol. The van der Waals surface area contributed by atoms with Crippen LogP contribution in [-0.4, -0.2) is 60.7 Å². The summed E-state index contributed by atoms with van der Waals surface area (Å²) in [5.41, 5.74) is 8.60. The molecule has 0 atom stereocenters. The van der Waals surface area contributed by atoms with Crippen LogP contribution >= 0.6 is 0 Å². The maximum Gasteiger partial charge on any atom is 0.407 e. The Hall–Kier alpha value is -3.11. The van der Waals surface area contributed by atoms with E-state index in [9.17, 15) is 4.79 Å². The Balaban J connectivity index is 1.62. The molecule has 0 saturated heterocycles. The number of carbonyl (C=O) groups is 1. The topological polar surface area (TPSA) is 123 Å². The van der Waals surface area contributed by atoms with E-state index < -0.39 is 6.09 Å². The van der Waals surface area contributed by atoms with E-state index in [1.807, 2.05) is 25.1 Å². The van der Waals surface area contributed by atoms with Crippen molar-refractivity contribution in [3.8, 4) is 5.75 Å². The molecule has 2 heterocycles. The van der Waals surface area contributed by atoms with Gasteiger partial charge in [0.15, 0.2) is 5.82 Å². The van der Waals surface area contributed by atoms with Crippen molar-refractivity contribution in [1.82, 2.24) is 19.9 Å². The molecule has 0 aliphatic rings. The fraction of sp³-hybridized carbons (Fsp3) is 0.542. The Kier molecular flexibility index (Phi) is 9.72. The molecule has 3 aromatic rings. The number of carbonyl (C=O) groups excluding carboxylic acids is 1. The summed E-state index contributed by atoms with van der Waals surface area (Å²) in [6, 6.07) is 5.71. The number of hydrogen-bond donors (Lipinski definition) is 2. The highest BCUT2D eigenvalue weighted by atomic mass is 16.6. The lowest BCUT2D eigenvalue weighted by Crippen LogP contribution is -2.28. The van der Waals surface area contributed by atoms with Gasteiger partial charge in [-0.1, -0.05) is 13.8 Å². The van der Waals surface area contributed by atoms with Crippen LogP contribution in [0.5, 0.6) is 5.75 Å². The first kappa shape index (κ1) is 25.5. The predicted molar refractivity (Wildman–Crippen MR) is 131 cm³/mol. The molecular formula is C24H35N5O5. The van der Waals surface area contributed by atoms with E-state index in [0.717, 1.165) is 41.6 Å². The van der Waals surface area contributed by atoms with E-state index in [1.54, 1.807) is 7.11 Å². The predicted octanol–water partition coefficient (Wildman–Crippen LogP) is 3.64. The molecule has 0 aliphatic carbocycles. The van der Waals surface area contributed by atoms with Crippen LogP contribution in [0.3, 0.4) is 0 Å². The maximum atomic E-state index is 11.7. The van der Waals surface area contributed by atoms with Crippen LogP contribution in [0.1, 0.15) is 38.9 Å². The lowest BCUT2D eigenvalue weighted by molar-refractivity contribution is 0.119. The summed E-state index contributed by atoms with van der Waals surface area (Å²) in [5, 5.41) is 3.58. The van der Waals surface area contributed by atoms with Crippen molar-refractivity contribution in [3.63, 3.8) is 0 Å². The van der Waals surface area contributed by atoms with Crippen molar-refractivity contribution in [2.75, 3.05) is 45.8 Å². The minimum absolute atomic E-state index is 0.265. The number of amides is 1. The summed E-state index contributed by atoms with van der Waals surface area (Å²) in [6.07, 6.45) is 2.02. The number of fused-ring (bicyclic) bond motifs is 3. The van der Waals surface area contributed by atoms with Gasteiger partial charge in [0.1, 0.15) is 23.7 Å². The molecule has 0 bridgehead atoms. The molecule has 10 nitrogen and oxygen atoms in total.